The molecular formula is C18H17N3O2. The Hall–Kier alpha value is -3.26. The van der Waals surface area contributed by atoms with Crippen molar-refractivity contribution in [2.45, 2.75) is 6.54 Å². The highest BCUT2D eigenvalue weighted by molar-refractivity contribution is 5.97. The molecule has 0 radical (unpaired) electrons. The molecule has 0 aliphatic heterocycles. The van der Waals surface area contributed by atoms with Gasteiger partial charge in [-0.25, -0.2) is 0 Å². The predicted molar refractivity (Wildman–Crippen MR) is 88.6 cm³/mol. The first kappa shape index (κ1) is 16.1. The highest BCUT2D eigenvalue weighted by Crippen LogP contribution is 2.15. The van der Waals surface area contributed by atoms with Gasteiger partial charge in [0.2, 0.25) is 0 Å². The fourth-order valence-electron chi connectivity index (χ4n) is 1.86. The molecule has 0 bridgehead atoms. The van der Waals surface area contributed by atoms with E-state index in [1.165, 1.54) is 6.20 Å². The average Bonchev–Trinajstić information content (AvgIpc) is 2.62. The van der Waals surface area contributed by atoms with E-state index in [2.05, 4.69) is 10.6 Å². The molecular weight excluding hydrogens is 290 g/mol. The number of carbonyl (C=O) groups excluding carboxylic acids is 1. The summed E-state index contributed by atoms with van der Waals surface area (Å²) in [4.78, 5) is 12.0. The van der Waals surface area contributed by atoms with Crippen molar-refractivity contribution >= 4 is 11.6 Å². The summed E-state index contributed by atoms with van der Waals surface area (Å²) in [6, 6.07) is 18.6. The summed E-state index contributed by atoms with van der Waals surface area (Å²) in [6.45, 7) is 0.376. The molecule has 0 heterocycles. The van der Waals surface area contributed by atoms with Crippen molar-refractivity contribution in [1.82, 2.24) is 5.32 Å². The second-order valence-corrected chi connectivity index (χ2v) is 4.71. The molecule has 2 aromatic carbocycles. The van der Waals surface area contributed by atoms with Crippen LogP contribution in [0.3, 0.4) is 0 Å². The van der Waals surface area contributed by atoms with E-state index in [9.17, 15) is 4.79 Å². The van der Waals surface area contributed by atoms with Crippen molar-refractivity contribution < 1.29 is 9.53 Å². The molecule has 5 nitrogen and oxygen atoms in total. The standard InChI is InChI=1S/C18H17N3O2/c1-23-17-9-7-16(8-10-17)20-13-15(11-19)18(22)21-12-14-5-3-2-4-6-14/h2-10,13,20H,12H2,1H3,(H,21,22)/b15-13+. The molecule has 0 unspecified atom stereocenters. The Labute approximate surface area is 135 Å². The molecule has 116 valence electrons. The molecule has 2 rings (SSSR count). The Morgan fingerprint density at radius 3 is 2.48 bits per heavy atom. The molecule has 0 aromatic heterocycles. The van der Waals surface area contributed by atoms with E-state index in [1.54, 1.807) is 31.4 Å². The first-order valence-corrected chi connectivity index (χ1v) is 7.06. The summed E-state index contributed by atoms with van der Waals surface area (Å²) in [6.07, 6.45) is 1.39. The first-order chi connectivity index (χ1) is 11.2. The molecule has 0 saturated heterocycles. The summed E-state index contributed by atoms with van der Waals surface area (Å²) in [5, 5.41) is 14.8. The minimum absolute atomic E-state index is 0.0109. The number of hydrogen-bond acceptors (Lipinski definition) is 4. The van der Waals surface area contributed by atoms with E-state index >= 15 is 0 Å². The van der Waals surface area contributed by atoms with Gasteiger partial charge in [0.05, 0.1) is 7.11 Å². The van der Waals surface area contributed by atoms with E-state index in [1.807, 2.05) is 36.4 Å². The molecule has 0 atom stereocenters. The monoisotopic (exact) mass is 307 g/mol. The number of carbonyl (C=O) groups is 1. The lowest BCUT2D eigenvalue weighted by atomic mass is 10.2. The number of hydrogen-bond donors (Lipinski definition) is 2. The van der Waals surface area contributed by atoms with Crippen molar-refractivity contribution in [3.8, 4) is 11.8 Å². The molecule has 0 saturated carbocycles. The van der Waals surface area contributed by atoms with Gasteiger partial charge in [-0.3, -0.25) is 4.79 Å². The van der Waals surface area contributed by atoms with Gasteiger partial charge in [-0.1, -0.05) is 30.3 Å². The van der Waals surface area contributed by atoms with Gasteiger partial charge in [-0.15, -0.1) is 0 Å². The van der Waals surface area contributed by atoms with Gasteiger partial charge >= 0.3 is 0 Å². The maximum Gasteiger partial charge on any atom is 0.263 e. The van der Waals surface area contributed by atoms with Crippen LogP contribution in [0.5, 0.6) is 5.75 Å². The van der Waals surface area contributed by atoms with Gasteiger partial charge in [0, 0.05) is 18.4 Å². The maximum absolute atomic E-state index is 12.0. The number of rotatable bonds is 6. The van der Waals surface area contributed by atoms with Crippen LogP contribution < -0.4 is 15.4 Å². The smallest absolute Gasteiger partial charge is 0.263 e. The first-order valence-electron chi connectivity index (χ1n) is 7.06. The van der Waals surface area contributed by atoms with Crippen LogP contribution in [0.1, 0.15) is 5.56 Å². The summed E-state index contributed by atoms with van der Waals surface area (Å²) in [5.74, 6) is 0.318. The molecule has 0 fully saturated rings. The lowest BCUT2D eigenvalue weighted by Crippen LogP contribution is -2.24. The molecule has 2 aromatic rings. The predicted octanol–water partition coefficient (Wildman–Crippen LogP) is 2.83. The van der Waals surface area contributed by atoms with Crippen LogP contribution in [-0.2, 0) is 11.3 Å². The number of ether oxygens (including phenoxy) is 1. The van der Waals surface area contributed by atoms with Crippen molar-refractivity contribution in [3.63, 3.8) is 0 Å². The summed E-state index contributed by atoms with van der Waals surface area (Å²) < 4.78 is 5.07. The van der Waals surface area contributed by atoms with E-state index in [0.717, 1.165) is 17.0 Å². The molecule has 5 heteroatoms. The van der Waals surface area contributed by atoms with Crippen LogP contribution in [0.25, 0.3) is 0 Å². The Morgan fingerprint density at radius 2 is 1.87 bits per heavy atom. The van der Waals surface area contributed by atoms with Crippen molar-refractivity contribution in [2.24, 2.45) is 0 Å². The molecule has 0 aliphatic carbocycles. The van der Waals surface area contributed by atoms with E-state index in [-0.39, 0.29) is 5.57 Å². The SMILES string of the molecule is COc1ccc(N/C=C(\C#N)C(=O)NCc2ccccc2)cc1. The molecule has 2 N–H and O–H groups in total. The fourth-order valence-corrected chi connectivity index (χ4v) is 1.86. The number of methoxy groups -OCH3 is 1. The van der Waals surface area contributed by atoms with Crippen LogP contribution in [0.4, 0.5) is 5.69 Å². The Bertz CT molecular complexity index is 716. The zero-order valence-electron chi connectivity index (χ0n) is 12.7. The van der Waals surface area contributed by atoms with Crippen molar-refractivity contribution in [1.29, 1.82) is 5.26 Å². The largest absolute Gasteiger partial charge is 0.497 e. The highest BCUT2D eigenvalue weighted by Gasteiger charge is 2.08. The summed E-state index contributed by atoms with van der Waals surface area (Å²) in [7, 11) is 1.59. The van der Waals surface area contributed by atoms with Gasteiger partial charge in [-0.2, -0.15) is 5.26 Å². The van der Waals surface area contributed by atoms with Gasteiger partial charge in [0.1, 0.15) is 17.4 Å². The minimum atomic E-state index is -0.419. The Morgan fingerprint density at radius 1 is 1.17 bits per heavy atom. The van der Waals surface area contributed by atoms with E-state index < -0.39 is 5.91 Å². The lowest BCUT2D eigenvalue weighted by Gasteiger charge is -2.06. The average molecular weight is 307 g/mol. The quantitative estimate of drug-likeness (QED) is 0.636. The highest BCUT2D eigenvalue weighted by atomic mass is 16.5. The Kier molecular flexibility index (Phi) is 5.78. The topological polar surface area (TPSA) is 74.1 Å². The van der Waals surface area contributed by atoms with Crippen molar-refractivity contribution in [2.75, 3.05) is 12.4 Å². The number of nitriles is 1. The zero-order valence-corrected chi connectivity index (χ0v) is 12.7. The second-order valence-electron chi connectivity index (χ2n) is 4.71. The van der Waals surface area contributed by atoms with Gasteiger partial charge in [0.25, 0.3) is 5.91 Å². The van der Waals surface area contributed by atoms with Gasteiger partial charge in [-0.05, 0) is 29.8 Å². The third-order valence-corrected chi connectivity index (χ3v) is 3.13. The van der Waals surface area contributed by atoms with E-state index in [0.29, 0.717) is 6.54 Å². The molecule has 0 aliphatic rings. The van der Waals surface area contributed by atoms with Crippen LogP contribution in [0.2, 0.25) is 0 Å². The number of nitrogens with zero attached hydrogens (tertiary/aromatic N) is 1. The van der Waals surface area contributed by atoms with Crippen molar-refractivity contribution in [3.05, 3.63) is 71.9 Å². The van der Waals surface area contributed by atoms with E-state index in [4.69, 9.17) is 10.00 Å². The van der Waals surface area contributed by atoms with Crippen LogP contribution in [0, 0.1) is 11.3 Å². The Balaban J connectivity index is 1.94. The van der Waals surface area contributed by atoms with Gasteiger partial charge < -0.3 is 15.4 Å². The molecule has 1 amide bonds. The van der Waals surface area contributed by atoms with Crippen LogP contribution in [-0.4, -0.2) is 13.0 Å². The van der Waals surface area contributed by atoms with Crippen LogP contribution >= 0.6 is 0 Å². The third-order valence-electron chi connectivity index (χ3n) is 3.13. The molecule has 23 heavy (non-hydrogen) atoms. The number of amides is 1. The number of nitrogens with one attached hydrogen (secondary N) is 2. The lowest BCUT2D eigenvalue weighted by molar-refractivity contribution is -0.117. The summed E-state index contributed by atoms with van der Waals surface area (Å²) >= 11 is 0. The van der Waals surface area contributed by atoms with Gasteiger partial charge in [0.15, 0.2) is 0 Å². The number of anilines is 1. The fraction of sp³-hybridized carbons (Fsp3) is 0.111. The summed E-state index contributed by atoms with van der Waals surface area (Å²) in [5.41, 5.74) is 1.74. The molecule has 0 spiro atoms. The normalized spacial score (nSPS) is 10.5. The third kappa shape index (κ3) is 4.90. The zero-order chi connectivity index (χ0) is 16.5. The number of benzene rings is 2. The van der Waals surface area contributed by atoms with Crippen LogP contribution in [0.15, 0.2) is 66.4 Å². The second kappa shape index (κ2) is 8.25. The maximum atomic E-state index is 12.0. The minimum Gasteiger partial charge on any atom is -0.497 e.